The molecule has 4 nitrogen and oxygen atoms in total. The molecule has 0 saturated heterocycles. The number of carbonyl (C=O) groups excluding carboxylic acids is 1. The maximum Gasteiger partial charge on any atom is 0.277 e. The van der Waals surface area contributed by atoms with Crippen LogP contribution in [-0.4, -0.2) is 15.7 Å². The van der Waals surface area contributed by atoms with Gasteiger partial charge in [0.1, 0.15) is 5.69 Å². The fourth-order valence-electron chi connectivity index (χ4n) is 4.14. The molecule has 0 saturated carbocycles. The quantitative estimate of drug-likeness (QED) is 0.494. The highest BCUT2D eigenvalue weighted by Crippen LogP contribution is 2.45. The second-order valence-electron chi connectivity index (χ2n) is 7.42. The van der Waals surface area contributed by atoms with E-state index in [1.54, 1.807) is 4.68 Å². The Morgan fingerprint density at radius 2 is 1.45 bits per heavy atom. The maximum atomic E-state index is 13.6. The molecule has 0 N–H and O–H groups in total. The number of rotatable bonds is 3. The molecule has 0 fully saturated rings. The van der Waals surface area contributed by atoms with Crippen molar-refractivity contribution in [1.29, 1.82) is 0 Å². The molecule has 0 aliphatic carbocycles. The largest absolute Gasteiger partial charge is 0.295 e. The van der Waals surface area contributed by atoms with Crippen LogP contribution in [0.25, 0.3) is 11.3 Å². The van der Waals surface area contributed by atoms with Crippen LogP contribution >= 0.6 is 0 Å². The molecule has 1 amide bonds. The van der Waals surface area contributed by atoms with E-state index >= 15 is 0 Å². The first-order chi connectivity index (χ1) is 14.1. The van der Waals surface area contributed by atoms with E-state index in [9.17, 15) is 4.79 Å². The van der Waals surface area contributed by atoms with Gasteiger partial charge in [-0.15, -0.1) is 0 Å². The Balaban J connectivity index is 1.77. The lowest BCUT2D eigenvalue weighted by atomic mass is 9.95. The minimum atomic E-state index is -0.218. The second kappa shape index (κ2) is 6.74. The smallest absolute Gasteiger partial charge is 0.277 e. The molecule has 2 heterocycles. The Kier molecular flexibility index (Phi) is 4.06. The Morgan fingerprint density at radius 3 is 2.10 bits per heavy atom. The molecule has 0 spiro atoms. The molecule has 1 atom stereocenters. The topological polar surface area (TPSA) is 38.1 Å². The van der Waals surface area contributed by atoms with Gasteiger partial charge in [0, 0.05) is 23.9 Å². The fraction of sp³-hybridized carbons (Fsp3) is 0.120. The second-order valence-corrected chi connectivity index (χ2v) is 7.42. The first kappa shape index (κ1) is 17.4. The highest BCUT2D eigenvalue weighted by atomic mass is 16.2. The molecule has 5 rings (SSSR count). The molecular weight excluding hydrogens is 358 g/mol. The standard InChI is InChI=1S/C25H21N3O/c1-17-13-15-19(16-14-17)23-21-22(18-9-5-3-6-10-18)26-27(2)24(21)25(29)28(23)20-11-7-4-8-12-20/h3-16,23H,1-2H3. The van der Waals surface area contributed by atoms with E-state index in [0.717, 1.165) is 28.1 Å². The molecule has 1 aliphatic heterocycles. The van der Waals surface area contributed by atoms with Crippen LogP contribution in [0.1, 0.15) is 33.2 Å². The van der Waals surface area contributed by atoms with E-state index in [0.29, 0.717) is 5.69 Å². The van der Waals surface area contributed by atoms with Gasteiger partial charge >= 0.3 is 0 Å². The third kappa shape index (κ3) is 2.76. The van der Waals surface area contributed by atoms with E-state index in [1.165, 1.54) is 5.56 Å². The predicted octanol–water partition coefficient (Wildman–Crippen LogP) is 5.15. The number of hydrogen-bond acceptors (Lipinski definition) is 2. The van der Waals surface area contributed by atoms with Crippen molar-refractivity contribution in [3.8, 4) is 11.3 Å². The van der Waals surface area contributed by atoms with Crippen molar-refractivity contribution >= 4 is 11.6 Å². The van der Waals surface area contributed by atoms with Crippen LogP contribution < -0.4 is 4.90 Å². The first-order valence-electron chi connectivity index (χ1n) is 9.72. The Hall–Kier alpha value is -3.66. The molecule has 142 valence electrons. The third-order valence-corrected chi connectivity index (χ3v) is 5.51. The molecule has 3 aromatic carbocycles. The number of nitrogens with zero attached hydrogens (tertiary/aromatic N) is 3. The Labute approximate surface area is 170 Å². The number of anilines is 1. The molecule has 1 aliphatic rings. The van der Waals surface area contributed by atoms with Gasteiger partial charge < -0.3 is 0 Å². The number of benzene rings is 3. The van der Waals surface area contributed by atoms with Gasteiger partial charge in [0.25, 0.3) is 5.91 Å². The van der Waals surface area contributed by atoms with Gasteiger partial charge in [-0.1, -0.05) is 78.4 Å². The summed E-state index contributed by atoms with van der Waals surface area (Å²) in [6.07, 6.45) is 0. The lowest BCUT2D eigenvalue weighted by Crippen LogP contribution is -2.30. The summed E-state index contributed by atoms with van der Waals surface area (Å²) in [6, 6.07) is 28.2. The molecule has 1 aromatic heterocycles. The monoisotopic (exact) mass is 379 g/mol. The van der Waals surface area contributed by atoms with Crippen LogP contribution in [0.4, 0.5) is 5.69 Å². The molecule has 1 unspecified atom stereocenters. The minimum Gasteiger partial charge on any atom is -0.295 e. The van der Waals surface area contributed by atoms with E-state index in [1.807, 2.05) is 72.6 Å². The van der Waals surface area contributed by atoms with Crippen LogP contribution in [0, 0.1) is 6.92 Å². The van der Waals surface area contributed by atoms with E-state index in [2.05, 4.69) is 31.2 Å². The number of fused-ring (bicyclic) bond motifs is 1. The van der Waals surface area contributed by atoms with E-state index in [-0.39, 0.29) is 11.9 Å². The number of hydrogen-bond donors (Lipinski definition) is 0. The molecule has 0 bridgehead atoms. The molecule has 0 radical (unpaired) electrons. The van der Waals surface area contributed by atoms with Crippen LogP contribution in [0.3, 0.4) is 0 Å². The summed E-state index contributed by atoms with van der Waals surface area (Å²) in [4.78, 5) is 15.5. The van der Waals surface area contributed by atoms with Gasteiger partial charge in [-0.2, -0.15) is 5.10 Å². The van der Waals surface area contributed by atoms with Gasteiger partial charge in [0.2, 0.25) is 0 Å². The van der Waals surface area contributed by atoms with Gasteiger partial charge in [-0.05, 0) is 24.6 Å². The average Bonchev–Trinajstić information content (AvgIpc) is 3.25. The SMILES string of the molecule is Cc1ccc(C2c3c(-c4ccccc4)nn(C)c3C(=O)N2c2ccccc2)cc1. The third-order valence-electron chi connectivity index (χ3n) is 5.51. The summed E-state index contributed by atoms with van der Waals surface area (Å²) in [6.45, 7) is 2.07. The van der Waals surface area contributed by atoms with Gasteiger partial charge in [0.15, 0.2) is 0 Å². The van der Waals surface area contributed by atoms with Gasteiger partial charge in [-0.3, -0.25) is 14.4 Å². The predicted molar refractivity (Wildman–Crippen MR) is 115 cm³/mol. The summed E-state index contributed by atoms with van der Waals surface area (Å²) in [7, 11) is 1.85. The lowest BCUT2D eigenvalue weighted by Gasteiger charge is -2.26. The number of aromatic nitrogens is 2. The number of amides is 1. The van der Waals surface area contributed by atoms with Crippen molar-refractivity contribution in [2.24, 2.45) is 7.05 Å². The van der Waals surface area contributed by atoms with Gasteiger partial charge in [-0.25, -0.2) is 0 Å². The van der Waals surface area contributed by atoms with Gasteiger partial charge in [0.05, 0.1) is 11.7 Å². The van der Waals surface area contributed by atoms with Crippen LogP contribution in [0.5, 0.6) is 0 Å². The van der Waals surface area contributed by atoms with Crippen molar-refractivity contribution in [3.05, 3.63) is 107 Å². The zero-order valence-corrected chi connectivity index (χ0v) is 16.4. The minimum absolute atomic E-state index is 0.0195. The van der Waals surface area contributed by atoms with Crippen molar-refractivity contribution < 1.29 is 4.79 Å². The summed E-state index contributed by atoms with van der Waals surface area (Å²) >= 11 is 0. The maximum absolute atomic E-state index is 13.6. The van der Waals surface area contributed by atoms with Crippen molar-refractivity contribution in [2.75, 3.05) is 4.90 Å². The highest BCUT2D eigenvalue weighted by Gasteiger charge is 2.44. The molecule has 29 heavy (non-hydrogen) atoms. The summed E-state index contributed by atoms with van der Waals surface area (Å²) < 4.78 is 1.73. The first-order valence-corrected chi connectivity index (χ1v) is 9.72. The summed E-state index contributed by atoms with van der Waals surface area (Å²) in [5.41, 5.74) is 6.66. The summed E-state index contributed by atoms with van der Waals surface area (Å²) in [5.74, 6) is -0.0195. The normalized spacial score (nSPS) is 15.6. The van der Waals surface area contributed by atoms with E-state index in [4.69, 9.17) is 5.10 Å². The van der Waals surface area contributed by atoms with Crippen LogP contribution in [0.2, 0.25) is 0 Å². The number of aryl methyl sites for hydroxylation is 2. The molecule has 4 aromatic rings. The van der Waals surface area contributed by atoms with Crippen molar-refractivity contribution in [1.82, 2.24) is 9.78 Å². The zero-order valence-electron chi connectivity index (χ0n) is 16.4. The highest BCUT2D eigenvalue weighted by molar-refractivity contribution is 6.12. The summed E-state index contributed by atoms with van der Waals surface area (Å²) in [5, 5.41) is 4.74. The Bertz CT molecular complexity index is 1180. The Morgan fingerprint density at radius 1 is 0.828 bits per heavy atom. The van der Waals surface area contributed by atoms with E-state index < -0.39 is 0 Å². The zero-order chi connectivity index (χ0) is 20.0. The molecule has 4 heteroatoms. The average molecular weight is 379 g/mol. The lowest BCUT2D eigenvalue weighted by molar-refractivity contribution is 0.0985. The number of para-hydroxylation sites is 1. The van der Waals surface area contributed by atoms with Crippen molar-refractivity contribution in [3.63, 3.8) is 0 Å². The number of carbonyl (C=O) groups is 1. The van der Waals surface area contributed by atoms with Crippen LogP contribution in [0.15, 0.2) is 84.9 Å². The van der Waals surface area contributed by atoms with Crippen LogP contribution in [-0.2, 0) is 7.05 Å². The fourth-order valence-corrected chi connectivity index (χ4v) is 4.14. The molecular formula is C25H21N3O. The van der Waals surface area contributed by atoms with Crippen molar-refractivity contribution in [2.45, 2.75) is 13.0 Å².